The van der Waals surface area contributed by atoms with E-state index in [-0.39, 0.29) is 11.7 Å². The minimum Gasteiger partial charge on any atom is -0.339 e. The SMILES string of the molecule is CC(CN)c1nc(C(C)(C)c2ccc(F)cc2)no1. The van der Waals surface area contributed by atoms with Crippen LogP contribution in [0.5, 0.6) is 0 Å². The van der Waals surface area contributed by atoms with Crippen LogP contribution in [0.1, 0.15) is 44.0 Å². The van der Waals surface area contributed by atoms with Crippen LogP contribution in [-0.4, -0.2) is 16.7 Å². The summed E-state index contributed by atoms with van der Waals surface area (Å²) in [7, 11) is 0. The average Bonchev–Trinajstić information content (AvgIpc) is 2.88. The van der Waals surface area contributed by atoms with Gasteiger partial charge in [0.25, 0.3) is 0 Å². The Labute approximate surface area is 111 Å². The normalized spacial score (nSPS) is 13.5. The van der Waals surface area contributed by atoms with E-state index < -0.39 is 5.41 Å². The first kappa shape index (κ1) is 13.7. The van der Waals surface area contributed by atoms with E-state index in [2.05, 4.69) is 10.1 Å². The van der Waals surface area contributed by atoms with Crippen LogP contribution < -0.4 is 5.73 Å². The van der Waals surface area contributed by atoms with E-state index in [1.54, 1.807) is 12.1 Å². The molecule has 0 aliphatic rings. The van der Waals surface area contributed by atoms with Gasteiger partial charge >= 0.3 is 0 Å². The molecule has 5 heteroatoms. The van der Waals surface area contributed by atoms with Crippen LogP contribution in [0, 0.1) is 5.82 Å². The fourth-order valence-corrected chi connectivity index (χ4v) is 1.79. The summed E-state index contributed by atoms with van der Waals surface area (Å²) in [5.74, 6) is 0.887. The van der Waals surface area contributed by atoms with Gasteiger partial charge in [0.1, 0.15) is 5.82 Å². The Hall–Kier alpha value is -1.75. The highest BCUT2D eigenvalue weighted by atomic mass is 19.1. The number of hydrogen-bond donors (Lipinski definition) is 1. The van der Waals surface area contributed by atoms with Crippen LogP contribution in [0.2, 0.25) is 0 Å². The van der Waals surface area contributed by atoms with Crippen molar-refractivity contribution in [3.8, 4) is 0 Å². The zero-order valence-corrected chi connectivity index (χ0v) is 11.4. The first-order valence-corrected chi connectivity index (χ1v) is 6.25. The van der Waals surface area contributed by atoms with Crippen LogP contribution in [-0.2, 0) is 5.41 Å². The van der Waals surface area contributed by atoms with E-state index in [4.69, 9.17) is 10.3 Å². The zero-order chi connectivity index (χ0) is 14.0. The number of halogens is 1. The zero-order valence-electron chi connectivity index (χ0n) is 11.4. The summed E-state index contributed by atoms with van der Waals surface area (Å²) in [6, 6.07) is 6.33. The summed E-state index contributed by atoms with van der Waals surface area (Å²) >= 11 is 0. The topological polar surface area (TPSA) is 64.9 Å². The molecule has 0 amide bonds. The van der Waals surface area contributed by atoms with Gasteiger partial charge in [-0.3, -0.25) is 0 Å². The van der Waals surface area contributed by atoms with E-state index in [0.29, 0.717) is 18.3 Å². The molecule has 0 saturated carbocycles. The predicted octanol–water partition coefficient (Wildman–Crippen LogP) is 2.60. The van der Waals surface area contributed by atoms with Crippen LogP contribution in [0.3, 0.4) is 0 Å². The molecule has 0 spiro atoms. The molecule has 19 heavy (non-hydrogen) atoms. The van der Waals surface area contributed by atoms with Crippen LogP contribution in [0.4, 0.5) is 4.39 Å². The molecule has 0 aliphatic carbocycles. The lowest BCUT2D eigenvalue weighted by Crippen LogP contribution is -2.21. The Bertz CT molecular complexity index is 548. The molecule has 1 unspecified atom stereocenters. The van der Waals surface area contributed by atoms with Gasteiger partial charge in [-0.2, -0.15) is 4.98 Å². The van der Waals surface area contributed by atoms with Gasteiger partial charge < -0.3 is 10.3 Å². The van der Waals surface area contributed by atoms with Crippen LogP contribution in [0.25, 0.3) is 0 Å². The van der Waals surface area contributed by atoms with Crippen molar-refractivity contribution in [3.63, 3.8) is 0 Å². The Morgan fingerprint density at radius 3 is 2.53 bits per heavy atom. The Balaban J connectivity index is 2.33. The minimum absolute atomic E-state index is 0.0327. The van der Waals surface area contributed by atoms with Gasteiger partial charge in [-0.25, -0.2) is 4.39 Å². The smallest absolute Gasteiger partial charge is 0.230 e. The van der Waals surface area contributed by atoms with E-state index in [0.717, 1.165) is 5.56 Å². The van der Waals surface area contributed by atoms with Gasteiger partial charge in [0, 0.05) is 12.5 Å². The highest BCUT2D eigenvalue weighted by molar-refractivity contribution is 5.30. The summed E-state index contributed by atoms with van der Waals surface area (Å²) in [6.07, 6.45) is 0. The van der Waals surface area contributed by atoms with Crippen LogP contribution in [0.15, 0.2) is 28.8 Å². The molecule has 0 fully saturated rings. The molecule has 4 nitrogen and oxygen atoms in total. The molecule has 1 aromatic carbocycles. The maximum absolute atomic E-state index is 13.0. The van der Waals surface area contributed by atoms with Crippen LogP contribution >= 0.6 is 0 Å². The van der Waals surface area contributed by atoms with Crippen molar-refractivity contribution in [2.75, 3.05) is 6.54 Å². The summed E-state index contributed by atoms with van der Waals surface area (Å²) in [5.41, 5.74) is 6.07. The Morgan fingerprint density at radius 2 is 1.95 bits per heavy atom. The molecule has 2 aromatic rings. The van der Waals surface area contributed by atoms with Gasteiger partial charge in [0.2, 0.25) is 5.89 Å². The Morgan fingerprint density at radius 1 is 1.32 bits per heavy atom. The van der Waals surface area contributed by atoms with Crippen molar-refractivity contribution in [3.05, 3.63) is 47.4 Å². The van der Waals surface area contributed by atoms with E-state index in [1.165, 1.54) is 12.1 Å². The van der Waals surface area contributed by atoms with Crippen molar-refractivity contribution < 1.29 is 8.91 Å². The summed E-state index contributed by atoms with van der Waals surface area (Å²) < 4.78 is 18.2. The van der Waals surface area contributed by atoms with Crippen molar-refractivity contribution in [2.45, 2.75) is 32.1 Å². The number of benzene rings is 1. The molecule has 102 valence electrons. The molecule has 0 aliphatic heterocycles. The minimum atomic E-state index is -0.441. The standard InChI is InChI=1S/C14H18FN3O/c1-9(8-16)12-17-13(18-19-12)14(2,3)10-4-6-11(15)7-5-10/h4-7,9H,8,16H2,1-3H3. The number of nitrogens with two attached hydrogens (primary N) is 1. The van der Waals surface area contributed by atoms with Crippen molar-refractivity contribution in [2.24, 2.45) is 5.73 Å². The Kier molecular flexibility index (Phi) is 3.66. The molecule has 0 bridgehead atoms. The monoisotopic (exact) mass is 263 g/mol. The molecule has 1 atom stereocenters. The third kappa shape index (κ3) is 2.66. The molecule has 0 radical (unpaired) electrons. The lowest BCUT2D eigenvalue weighted by Gasteiger charge is -2.20. The van der Waals surface area contributed by atoms with Gasteiger partial charge in [0.15, 0.2) is 5.82 Å². The number of rotatable bonds is 4. The molecular formula is C14H18FN3O. The molecular weight excluding hydrogens is 245 g/mol. The first-order chi connectivity index (χ1) is 8.95. The maximum atomic E-state index is 13.0. The van der Waals surface area contributed by atoms with Gasteiger partial charge in [-0.05, 0) is 31.5 Å². The van der Waals surface area contributed by atoms with Gasteiger partial charge in [0.05, 0.1) is 5.41 Å². The summed E-state index contributed by atoms with van der Waals surface area (Å²) in [4.78, 5) is 4.40. The lowest BCUT2D eigenvalue weighted by atomic mass is 9.84. The van der Waals surface area contributed by atoms with Crippen molar-refractivity contribution in [1.29, 1.82) is 0 Å². The molecule has 2 N–H and O–H groups in total. The lowest BCUT2D eigenvalue weighted by molar-refractivity contribution is 0.351. The third-order valence-electron chi connectivity index (χ3n) is 3.34. The second-order valence-electron chi connectivity index (χ2n) is 5.22. The molecule has 2 rings (SSSR count). The average molecular weight is 263 g/mol. The largest absolute Gasteiger partial charge is 0.339 e. The molecule has 1 aromatic heterocycles. The predicted molar refractivity (Wildman–Crippen MR) is 70.3 cm³/mol. The van der Waals surface area contributed by atoms with E-state index >= 15 is 0 Å². The third-order valence-corrected chi connectivity index (χ3v) is 3.34. The summed E-state index contributed by atoms with van der Waals surface area (Å²) in [5, 5.41) is 4.02. The van der Waals surface area contributed by atoms with Crippen molar-refractivity contribution in [1.82, 2.24) is 10.1 Å². The first-order valence-electron chi connectivity index (χ1n) is 6.25. The quantitative estimate of drug-likeness (QED) is 0.920. The maximum Gasteiger partial charge on any atom is 0.230 e. The second kappa shape index (κ2) is 5.09. The number of nitrogens with zero attached hydrogens (tertiary/aromatic N) is 2. The highest BCUT2D eigenvalue weighted by Crippen LogP contribution is 2.30. The second-order valence-corrected chi connectivity index (χ2v) is 5.22. The number of aromatic nitrogens is 2. The number of hydrogen-bond acceptors (Lipinski definition) is 4. The fourth-order valence-electron chi connectivity index (χ4n) is 1.79. The van der Waals surface area contributed by atoms with E-state index in [1.807, 2.05) is 20.8 Å². The fraction of sp³-hybridized carbons (Fsp3) is 0.429. The van der Waals surface area contributed by atoms with Crippen molar-refractivity contribution >= 4 is 0 Å². The van der Waals surface area contributed by atoms with E-state index in [9.17, 15) is 4.39 Å². The summed E-state index contributed by atoms with van der Waals surface area (Å²) in [6.45, 7) is 6.34. The highest BCUT2D eigenvalue weighted by Gasteiger charge is 2.29. The molecule has 0 saturated heterocycles. The van der Waals surface area contributed by atoms with Gasteiger partial charge in [-0.15, -0.1) is 0 Å². The van der Waals surface area contributed by atoms with Gasteiger partial charge in [-0.1, -0.05) is 24.2 Å². The molecule has 1 heterocycles.